The molecule has 0 bridgehead atoms. The Labute approximate surface area is 259 Å². The molecule has 0 atom stereocenters. The molecule has 8 aromatic rings. The van der Waals surface area contributed by atoms with Crippen molar-refractivity contribution in [1.82, 2.24) is 15.0 Å². The molecule has 6 aromatic carbocycles. The summed E-state index contributed by atoms with van der Waals surface area (Å²) in [6.45, 7) is 0. The number of para-hydroxylation sites is 2. The highest BCUT2D eigenvalue weighted by Gasteiger charge is 2.15. The fraction of sp³-hybridized carbons (Fsp3) is 0. The minimum Gasteiger partial charge on any atom is -0.455 e. The molecule has 0 saturated carbocycles. The summed E-state index contributed by atoms with van der Waals surface area (Å²) < 4.78 is 6.29. The zero-order chi connectivity index (χ0) is 30.2. The lowest BCUT2D eigenvalue weighted by molar-refractivity contribution is 0.670. The summed E-state index contributed by atoms with van der Waals surface area (Å²) in [4.78, 5) is 14.8. The van der Waals surface area contributed by atoms with Gasteiger partial charge in [-0.3, -0.25) is 0 Å². The largest absolute Gasteiger partial charge is 0.455 e. The van der Waals surface area contributed by atoms with Crippen LogP contribution >= 0.6 is 0 Å². The van der Waals surface area contributed by atoms with Gasteiger partial charge in [-0.25, -0.2) is 15.0 Å². The standard InChI is InChI=1S/C40H24N4O/c41-25-26-16-18-27(19-17-26)31-10-6-11-32(24-31)40-43-38(29-8-2-1-3-9-29)42-39(44-40)30-22-20-28(21-23-30)33-13-7-14-35-34-12-4-5-15-36(34)45-37(33)35/h1-24H. The SMILES string of the molecule is N#Cc1ccc(-c2cccc(-c3nc(-c4ccccc4)nc(-c4ccc(-c5cccc6c5oc5ccccc56)cc4)n3)c2)cc1. The van der Waals surface area contributed by atoms with E-state index in [1.54, 1.807) is 0 Å². The quantitative estimate of drug-likeness (QED) is 0.204. The summed E-state index contributed by atoms with van der Waals surface area (Å²) in [5.74, 6) is 1.79. The fourth-order valence-electron chi connectivity index (χ4n) is 5.70. The molecule has 0 aliphatic heterocycles. The molecule has 210 valence electrons. The van der Waals surface area contributed by atoms with Crippen LogP contribution in [0.5, 0.6) is 0 Å². The Morgan fingerprint density at radius 2 is 1.00 bits per heavy atom. The lowest BCUT2D eigenvalue weighted by Crippen LogP contribution is -2.00. The van der Waals surface area contributed by atoms with Crippen molar-refractivity contribution in [3.8, 4) is 62.5 Å². The molecule has 2 heterocycles. The van der Waals surface area contributed by atoms with Crippen molar-refractivity contribution in [2.45, 2.75) is 0 Å². The first kappa shape index (κ1) is 26.3. The van der Waals surface area contributed by atoms with Crippen LogP contribution in [0, 0.1) is 11.3 Å². The summed E-state index contributed by atoms with van der Waals surface area (Å²) >= 11 is 0. The summed E-state index contributed by atoms with van der Waals surface area (Å²) in [5.41, 5.74) is 9.20. The third-order valence-corrected chi connectivity index (χ3v) is 7.99. The Balaban J connectivity index is 1.21. The molecule has 0 fully saturated rings. The average Bonchev–Trinajstić information content (AvgIpc) is 3.51. The van der Waals surface area contributed by atoms with E-state index in [1.807, 2.05) is 91.0 Å². The van der Waals surface area contributed by atoms with Gasteiger partial charge in [0.2, 0.25) is 0 Å². The van der Waals surface area contributed by atoms with Gasteiger partial charge in [0, 0.05) is 33.0 Å². The van der Waals surface area contributed by atoms with Crippen LogP contribution in [0.3, 0.4) is 0 Å². The molecule has 45 heavy (non-hydrogen) atoms. The molecule has 0 spiro atoms. The molecular weight excluding hydrogens is 552 g/mol. The van der Waals surface area contributed by atoms with Crippen LogP contribution < -0.4 is 0 Å². The maximum Gasteiger partial charge on any atom is 0.164 e. The van der Waals surface area contributed by atoms with Crippen LogP contribution in [0.1, 0.15) is 5.56 Å². The van der Waals surface area contributed by atoms with Gasteiger partial charge in [0.05, 0.1) is 11.6 Å². The average molecular weight is 577 g/mol. The molecule has 0 aliphatic rings. The number of furan rings is 1. The monoisotopic (exact) mass is 576 g/mol. The van der Waals surface area contributed by atoms with Crippen molar-refractivity contribution >= 4 is 21.9 Å². The molecule has 0 aliphatic carbocycles. The third kappa shape index (κ3) is 4.91. The van der Waals surface area contributed by atoms with Crippen LogP contribution in [0.2, 0.25) is 0 Å². The number of nitrogens with zero attached hydrogens (tertiary/aromatic N) is 4. The summed E-state index contributed by atoms with van der Waals surface area (Å²) in [6, 6.07) is 50.5. The van der Waals surface area contributed by atoms with Gasteiger partial charge in [-0.15, -0.1) is 0 Å². The van der Waals surface area contributed by atoms with Crippen molar-refractivity contribution in [2.24, 2.45) is 0 Å². The highest BCUT2D eigenvalue weighted by Crippen LogP contribution is 2.36. The van der Waals surface area contributed by atoms with Gasteiger partial charge < -0.3 is 4.42 Å². The van der Waals surface area contributed by atoms with Crippen molar-refractivity contribution in [3.63, 3.8) is 0 Å². The maximum atomic E-state index is 9.20. The van der Waals surface area contributed by atoms with Gasteiger partial charge in [0.1, 0.15) is 11.2 Å². The van der Waals surface area contributed by atoms with Gasteiger partial charge >= 0.3 is 0 Å². The number of hydrogen-bond donors (Lipinski definition) is 0. The predicted molar refractivity (Wildman–Crippen MR) is 179 cm³/mol. The second kappa shape index (κ2) is 11.0. The van der Waals surface area contributed by atoms with E-state index in [1.165, 1.54) is 0 Å². The van der Waals surface area contributed by atoms with E-state index in [4.69, 9.17) is 19.4 Å². The lowest BCUT2D eigenvalue weighted by atomic mass is 10.0. The van der Waals surface area contributed by atoms with Gasteiger partial charge in [-0.2, -0.15) is 5.26 Å². The highest BCUT2D eigenvalue weighted by atomic mass is 16.3. The number of rotatable bonds is 5. The predicted octanol–water partition coefficient (Wildman–Crippen LogP) is 9.98. The number of benzene rings is 6. The van der Waals surface area contributed by atoms with E-state index in [-0.39, 0.29) is 0 Å². The van der Waals surface area contributed by atoms with Gasteiger partial charge in [-0.05, 0) is 41.0 Å². The minimum absolute atomic E-state index is 0.588. The van der Waals surface area contributed by atoms with Crippen LogP contribution in [-0.4, -0.2) is 15.0 Å². The van der Waals surface area contributed by atoms with Crippen LogP contribution in [-0.2, 0) is 0 Å². The van der Waals surface area contributed by atoms with Crippen LogP contribution in [0.4, 0.5) is 0 Å². The van der Waals surface area contributed by atoms with E-state index in [2.05, 4.69) is 60.7 Å². The number of aromatic nitrogens is 3. The Morgan fingerprint density at radius 1 is 0.444 bits per heavy atom. The summed E-state index contributed by atoms with van der Waals surface area (Å²) in [6.07, 6.45) is 0. The van der Waals surface area contributed by atoms with Gasteiger partial charge in [0.15, 0.2) is 17.5 Å². The van der Waals surface area contributed by atoms with Crippen molar-refractivity contribution < 1.29 is 4.42 Å². The fourth-order valence-corrected chi connectivity index (χ4v) is 5.70. The van der Waals surface area contributed by atoms with Crippen molar-refractivity contribution in [1.29, 1.82) is 5.26 Å². The number of hydrogen-bond acceptors (Lipinski definition) is 5. The second-order valence-corrected chi connectivity index (χ2v) is 10.8. The number of nitriles is 1. The van der Waals surface area contributed by atoms with E-state index in [0.717, 1.165) is 60.9 Å². The van der Waals surface area contributed by atoms with Gasteiger partial charge in [0.25, 0.3) is 0 Å². The first-order valence-corrected chi connectivity index (χ1v) is 14.7. The molecule has 8 rings (SSSR count). The molecular formula is C40H24N4O. The highest BCUT2D eigenvalue weighted by molar-refractivity contribution is 6.09. The zero-order valence-corrected chi connectivity index (χ0v) is 24.1. The van der Waals surface area contributed by atoms with E-state index < -0.39 is 0 Å². The van der Waals surface area contributed by atoms with E-state index >= 15 is 0 Å². The third-order valence-electron chi connectivity index (χ3n) is 7.99. The second-order valence-electron chi connectivity index (χ2n) is 10.8. The molecule has 5 heteroatoms. The molecule has 0 saturated heterocycles. The molecule has 0 amide bonds. The Hall–Kier alpha value is -6.38. The maximum absolute atomic E-state index is 9.20. The Bertz CT molecular complexity index is 2370. The van der Waals surface area contributed by atoms with Crippen molar-refractivity contribution in [2.75, 3.05) is 0 Å². The van der Waals surface area contributed by atoms with Gasteiger partial charge in [-0.1, -0.05) is 121 Å². The van der Waals surface area contributed by atoms with E-state index in [0.29, 0.717) is 23.0 Å². The molecule has 2 aromatic heterocycles. The molecule has 0 N–H and O–H groups in total. The Morgan fingerprint density at radius 3 is 1.76 bits per heavy atom. The van der Waals surface area contributed by atoms with E-state index in [9.17, 15) is 5.26 Å². The lowest BCUT2D eigenvalue weighted by Gasteiger charge is -2.10. The normalized spacial score (nSPS) is 11.1. The smallest absolute Gasteiger partial charge is 0.164 e. The first-order valence-electron chi connectivity index (χ1n) is 14.7. The summed E-state index contributed by atoms with van der Waals surface area (Å²) in [5, 5.41) is 11.4. The minimum atomic E-state index is 0.588. The zero-order valence-electron chi connectivity index (χ0n) is 24.1. The molecule has 0 unspecified atom stereocenters. The molecule has 0 radical (unpaired) electrons. The Kier molecular flexibility index (Phi) is 6.44. The number of fused-ring (bicyclic) bond motifs is 3. The topological polar surface area (TPSA) is 75.6 Å². The molecule has 5 nitrogen and oxygen atoms in total. The van der Waals surface area contributed by atoms with Crippen LogP contribution in [0.15, 0.2) is 150 Å². The summed E-state index contributed by atoms with van der Waals surface area (Å²) in [7, 11) is 0. The van der Waals surface area contributed by atoms with Crippen molar-refractivity contribution in [3.05, 3.63) is 151 Å². The van der Waals surface area contributed by atoms with Crippen LogP contribution in [0.25, 0.3) is 78.4 Å². The first-order chi connectivity index (χ1) is 22.2.